The molecule has 0 unspecified atom stereocenters. The van der Waals surface area contributed by atoms with Crippen LogP contribution >= 0.6 is 11.3 Å². The zero-order chi connectivity index (χ0) is 19.6. The molecular weight excluding hydrogens is 360 g/mol. The third-order valence-electron chi connectivity index (χ3n) is 3.94. The highest BCUT2D eigenvalue weighted by atomic mass is 32.1. The molecular formula is C20H22N4O2S. The number of hydrogen-bond acceptors (Lipinski definition) is 5. The lowest BCUT2D eigenvalue weighted by molar-refractivity contribution is -0.114. The van der Waals surface area contributed by atoms with E-state index in [9.17, 15) is 9.59 Å². The topological polar surface area (TPSA) is 97.1 Å². The average Bonchev–Trinajstić information content (AvgIpc) is 2.92. The molecule has 0 aliphatic carbocycles. The third kappa shape index (κ3) is 4.43. The summed E-state index contributed by atoms with van der Waals surface area (Å²) in [6, 6.07) is 10.8. The van der Waals surface area contributed by atoms with E-state index < -0.39 is 0 Å². The van der Waals surface area contributed by atoms with Crippen molar-refractivity contribution in [2.75, 3.05) is 16.4 Å². The molecule has 2 heterocycles. The molecule has 0 bridgehead atoms. The van der Waals surface area contributed by atoms with Crippen LogP contribution in [0.25, 0.3) is 10.2 Å². The maximum Gasteiger partial charge on any atom is 0.267 e. The van der Waals surface area contributed by atoms with Crippen LogP contribution in [0.1, 0.15) is 36.1 Å². The molecule has 0 saturated heterocycles. The summed E-state index contributed by atoms with van der Waals surface area (Å²) in [7, 11) is 0. The fourth-order valence-corrected chi connectivity index (χ4v) is 3.77. The standard InChI is InChI=1S/C20H22N4O2S/c1-11(2)10-15-8-9-16-17(21)18(27-20(16)24-15)19(26)23-14-6-4-13(5-7-14)22-12(3)25/h4-9,11H,10,21H2,1-3H3,(H,22,25)(H,23,26). The van der Waals surface area contributed by atoms with Gasteiger partial charge in [-0.1, -0.05) is 13.8 Å². The number of aromatic nitrogens is 1. The van der Waals surface area contributed by atoms with E-state index in [0.717, 1.165) is 22.3 Å². The normalized spacial score (nSPS) is 11.0. The SMILES string of the molecule is CC(=O)Nc1ccc(NC(=O)c2sc3nc(CC(C)C)ccc3c2N)cc1. The number of nitrogen functional groups attached to an aromatic ring is 1. The maximum absolute atomic E-state index is 12.7. The van der Waals surface area contributed by atoms with Crippen molar-refractivity contribution in [1.29, 1.82) is 0 Å². The van der Waals surface area contributed by atoms with Gasteiger partial charge in [0.15, 0.2) is 0 Å². The molecule has 0 aliphatic rings. The Balaban J connectivity index is 1.80. The van der Waals surface area contributed by atoms with Gasteiger partial charge in [-0.05, 0) is 48.7 Å². The number of rotatable bonds is 5. The van der Waals surface area contributed by atoms with E-state index >= 15 is 0 Å². The average molecular weight is 382 g/mol. The highest BCUT2D eigenvalue weighted by Crippen LogP contribution is 2.33. The molecule has 6 nitrogen and oxygen atoms in total. The van der Waals surface area contributed by atoms with Crippen molar-refractivity contribution >= 4 is 50.4 Å². The van der Waals surface area contributed by atoms with Crippen LogP contribution in [0.5, 0.6) is 0 Å². The molecule has 3 aromatic rings. The minimum Gasteiger partial charge on any atom is -0.397 e. The molecule has 2 amide bonds. The number of fused-ring (bicyclic) bond motifs is 1. The van der Waals surface area contributed by atoms with Gasteiger partial charge in [0, 0.05) is 29.4 Å². The molecule has 0 radical (unpaired) electrons. The number of carbonyl (C=O) groups is 2. The Kier molecular flexibility index (Phi) is 5.41. The second-order valence-corrected chi connectivity index (χ2v) is 7.81. The van der Waals surface area contributed by atoms with Gasteiger partial charge < -0.3 is 16.4 Å². The second-order valence-electron chi connectivity index (χ2n) is 6.81. The Hall–Kier alpha value is -2.93. The summed E-state index contributed by atoms with van der Waals surface area (Å²) < 4.78 is 0. The molecule has 1 aromatic carbocycles. The molecule has 7 heteroatoms. The Morgan fingerprint density at radius 1 is 1.07 bits per heavy atom. The van der Waals surface area contributed by atoms with Gasteiger partial charge in [-0.3, -0.25) is 9.59 Å². The molecule has 27 heavy (non-hydrogen) atoms. The highest BCUT2D eigenvalue weighted by Gasteiger charge is 2.18. The van der Waals surface area contributed by atoms with Crippen molar-refractivity contribution in [1.82, 2.24) is 4.98 Å². The monoisotopic (exact) mass is 382 g/mol. The molecule has 0 spiro atoms. The van der Waals surface area contributed by atoms with Crippen LogP contribution in [-0.2, 0) is 11.2 Å². The van der Waals surface area contributed by atoms with Gasteiger partial charge >= 0.3 is 0 Å². The minimum absolute atomic E-state index is 0.144. The lowest BCUT2D eigenvalue weighted by Crippen LogP contribution is -2.12. The number of nitrogens with one attached hydrogen (secondary N) is 2. The predicted molar refractivity (Wildman–Crippen MR) is 111 cm³/mol. The smallest absolute Gasteiger partial charge is 0.267 e. The first-order valence-electron chi connectivity index (χ1n) is 8.70. The van der Waals surface area contributed by atoms with Crippen molar-refractivity contribution in [3.63, 3.8) is 0 Å². The van der Waals surface area contributed by atoms with Gasteiger partial charge in [0.25, 0.3) is 5.91 Å². The minimum atomic E-state index is -0.270. The van der Waals surface area contributed by atoms with E-state index in [1.165, 1.54) is 18.3 Å². The van der Waals surface area contributed by atoms with Gasteiger partial charge in [-0.2, -0.15) is 0 Å². The number of nitrogens with zero attached hydrogens (tertiary/aromatic N) is 1. The molecule has 140 valence electrons. The number of pyridine rings is 1. The highest BCUT2D eigenvalue weighted by molar-refractivity contribution is 7.21. The molecule has 0 aliphatic heterocycles. The fourth-order valence-electron chi connectivity index (χ4n) is 2.76. The summed E-state index contributed by atoms with van der Waals surface area (Å²) in [5.41, 5.74) is 8.93. The first-order valence-corrected chi connectivity index (χ1v) is 9.52. The number of thiophene rings is 1. The van der Waals surface area contributed by atoms with Gasteiger partial charge in [0.05, 0.1) is 5.69 Å². The van der Waals surface area contributed by atoms with Crippen molar-refractivity contribution in [2.45, 2.75) is 27.2 Å². The summed E-state index contributed by atoms with van der Waals surface area (Å²) >= 11 is 1.30. The van der Waals surface area contributed by atoms with Crippen molar-refractivity contribution in [2.24, 2.45) is 5.92 Å². The first kappa shape index (κ1) is 18.8. The maximum atomic E-state index is 12.7. The van der Waals surface area contributed by atoms with Crippen LogP contribution in [0.4, 0.5) is 17.1 Å². The molecule has 3 rings (SSSR count). The Morgan fingerprint density at radius 3 is 2.30 bits per heavy atom. The van der Waals surface area contributed by atoms with E-state index in [4.69, 9.17) is 5.73 Å². The number of anilines is 3. The molecule has 4 N–H and O–H groups in total. The zero-order valence-electron chi connectivity index (χ0n) is 15.5. The summed E-state index contributed by atoms with van der Waals surface area (Å²) in [5, 5.41) is 6.33. The van der Waals surface area contributed by atoms with E-state index in [1.54, 1.807) is 24.3 Å². The van der Waals surface area contributed by atoms with Crippen LogP contribution in [-0.4, -0.2) is 16.8 Å². The van der Waals surface area contributed by atoms with Crippen molar-refractivity contribution in [3.05, 3.63) is 47.0 Å². The van der Waals surface area contributed by atoms with Crippen molar-refractivity contribution in [3.8, 4) is 0 Å². The number of hydrogen-bond donors (Lipinski definition) is 3. The van der Waals surface area contributed by atoms with E-state index in [0.29, 0.717) is 27.9 Å². The van der Waals surface area contributed by atoms with Crippen LogP contribution in [0, 0.1) is 5.92 Å². The van der Waals surface area contributed by atoms with Gasteiger partial charge in [0.1, 0.15) is 9.71 Å². The van der Waals surface area contributed by atoms with Crippen LogP contribution in [0.3, 0.4) is 0 Å². The van der Waals surface area contributed by atoms with E-state index in [1.807, 2.05) is 12.1 Å². The predicted octanol–water partition coefficient (Wildman–Crippen LogP) is 4.29. The van der Waals surface area contributed by atoms with Crippen LogP contribution < -0.4 is 16.4 Å². The summed E-state index contributed by atoms with van der Waals surface area (Å²) in [4.78, 5) is 29.6. The van der Waals surface area contributed by atoms with E-state index in [2.05, 4.69) is 29.5 Å². The number of nitrogens with two attached hydrogens (primary N) is 1. The summed E-state index contributed by atoms with van der Waals surface area (Å²) in [6.45, 7) is 5.73. The Morgan fingerprint density at radius 2 is 1.70 bits per heavy atom. The van der Waals surface area contributed by atoms with Crippen molar-refractivity contribution < 1.29 is 9.59 Å². The molecule has 0 saturated carbocycles. The number of amides is 2. The number of benzene rings is 1. The second kappa shape index (κ2) is 7.75. The summed E-state index contributed by atoms with van der Waals surface area (Å²) in [6.07, 6.45) is 0.885. The lowest BCUT2D eigenvalue weighted by atomic mass is 10.1. The van der Waals surface area contributed by atoms with Gasteiger partial charge in [-0.25, -0.2) is 4.98 Å². The quantitative estimate of drug-likeness (QED) is 0.613. The van der Waals surface area contributed by atoms with Crippen LogP contribution in [0.2, 0.25) is 0 Å². The molecule has 2 aromatic heterocycles. The van der Waals surface area contributed by atoms with Gasteiger partial charge in [-0.15, -0.1) is 11.3 Å². The zero-order valence-corrected chi connectivity index (χ0v) is 16.3. The lowest BCUT2D eigenvalue weighted by Gasteiger charge is -2.06. The summed E-state index contributed by atoms with van der Waals surface area (Å²) in [5.74, 6) is 0.0952. The third-order valence-corrected chi connectivity index (χ3v) is 5.05. The molecule has 0 atom stereocenters. The Labute approximate surface area is 161 Å². The largest absolute Gasteiger partial charge is 0.397 e. The van der Waals surface area contributed by atoms with Crippen LogP contribution in [0.15, 0.2) is 36.4 Å². The fraction of sp³-hybridized carbons (Fsp3) is 0.250. The Bertz CT molecular complexity index is 993. The first-order chi connectivity index (χ1) is 12.8. The molecule has 0 fully saturated rings. The van der Waals surface area contributed by atoms with Gasteiger partial charge in [0.2, 0.25) is 5.91 Å². The van der Waals surface area contributed by atoms with E-state index in [-0.39, 0.29) is 11.8 Å². The number of carbonyl (C=O) groups excluding carboxylic acids is 2.